The summed E-state index contributed by atoms with van der Waals surface area (Å²) in [4.78, 5) is 11.5. The molecule has 6 nitrogen and oxygen atoms in total. The number of ether oxygens (including phenoxy) is 1. The van der Waals surface area contributed by atoms with E-state index in [9.17, 15) is 13.2 Å². The average molecular weight is 349 g/mol. The summed E-state index contributed by atoms with van der Waals surface area (Å²) in [5.41, 5.74) is 6.78. The number of hydrogen-bond donors (Lipinski definition) is 1. The van der Waals surface area contributed by atoms with Crippen LogP contribution in [-0.2, 0) is 20.5 Å². The van der Waals surface area contributed by atoms with E-state index in [1.807, 2.05) is 6.92 Å². The zero-order valence-electron chi connectivity index (χ0n) is 12.6. The molecule has 8 heteroatoms. The van der Waals surface area contributed by atoms with Gasteiger partial charge < -0.3 is 10.5 Å². The summed E-state index contributed by atoms with van der Waals surface area (Å²) in [5.74, 6) is -0.468. The van der Waals surface area contributed by atoms with Crippen LogP contribution in [0.2, 0.25) is 0 Å². The molecule has 0 aromatic heterocycles. The number of methoxy groups -OCH3 is 1. The first-order valence-electron chi connectivity index (χ1n) is 6.74. The zero-order valence-corrected chi connectivity index (χ0v) is 14.2. The number of benzene rings is 1. The van der Waals surface area contributed by atoms with Crippen molar-refractivity contribution in [1.29, 1.82) is 0 Å². The minimum atomic E-state index is -3.43. The Balaban J connectivity index is 0.00000242. The molecule has 2 N–H and O–H groups in total. The van der Waals surface area contributed by atoms with Gasteiger partial charge in [0.25, 0.3) is 0 Å². The van der Waals surface area contributed by atoms with Crippen LogP contribution in [-0.4, -0.2) is 44.9 Å². The SMILES string of the molecule is COC(=O)c1cccc(CS(=O)(=O)N2CC(C)C(N)C2)c1.Cl. The highest BCUT2D eigenvalue weighted by Crippen LogP contribution is 2.21. The zero-order chi connectivity index (χ0) is 15.6. The summed E-state index contributed by atoms with van der Waals surface area (Å²) in [6.07, 6.45) is 0. The molecular weight excluding hydrogens is 328 g/mol. The normalized spacial score (nSPS) is 22.1. The number of esters is 1. The number of nitrogens with two attached hydrogens (primary N) is 1. The minimum absolute atomic E-state index is 0. The molecule has 1 heterocycles. The lowest BCUT2D eigenvalue weighted by Gasteiger charge is -2.16. The molecule has 0 radical (unpaired) electrons. The molecule has 1 aliphatic heterocycles. The molecule has 2 unspecified atom stereocenters. The van der Waals surface area contributed by atoms with Crippen molar-refractivity contribution in [3.63, 3.8) is 0 Å². The largest absolute Gasteiger partial charge is 0.465 e. The van der Waals surface area contributed by atoms with E-state index in [0.717, 1.165) is 0 Å². The monoisotopic (exact) mass is 348 g/mol. The van der Waals surface area contributed by atoms with Crippen LogP contribution >= 0.6 is 12.4 Å². The minimum Gasteiger partial charge on any atom is -0.465 e. The molecule has 1 aliphatic rings. The van der Waals surface area contributed by atoms with Crippen LogP contribution in [0.1, 0.15) is 22.8 Å². The molecule has 1 fully saturated rings. The number of nitrogens with zero attached hydrogens (tertiary/aromatic N) is 1. The molecule has 0 saturated carbocycles. The third kappa shape index (κ3) is 4.19. The van der Waals surface area contributed by atoms with Crippen molar-refractivity contribution in [3.05, 3.63) is 35.4 Å². The van der Waals surface area contributed by atoms with Crippen molar-refractivity contribution in [2.75, 3.05) is 20.2 Å². The fourth-order valence-corrected chi connectivity index (χ4v) is 4.03. The molecule has 0 spiro atoms. The van der Waals surface area contributed by atoms with Crippen LogP contribution in [0.4, 0.5) is 0 Å². The van der Waals surface area contributed by atoms with Crippen molar-refractivity contribution in [1.82, 2.24) is 4.31 Å². The van der Waals surface area contributed by atoms with E-state index < -0.39 is 16.0 Å². The molecule has 0 aliphatic carbocycles. The molecular formula is C14H21ClN2O4S. The van der Waals surface area contributed by atoms with Gasteiger partial charge in [0.1, 0.15) is 0 Å². The molecule has 1 aromatic carbocycles. The average Bonchev–Trinajstić information content (AvgIpc) is 2.78. The maximum absolute atomic E-state index is 12.4. The standard InChI is InChI=1S/C14H20N2O4S.ClH/c1-10-7-16(8-13(10)15)21(18,19)9-11-4-3-5-12(6-11)14(17)20-2;/h3-6,10,13H,7-9,15H2,1-2H3;1H. The van der Waals surface area contributed by atoms with Crippen LogP contribution in [0.15, 0.2) is 24.3 Å². The predicted molar refractivity (Wildman–Crippen MR) is 86.4 cm³/mol. The summed E-state index contributed by atoms with van der Waals surface area (Å²) >= 11 is 0. The van der Waals surface area contributed by atoms with Gasteiger partial charge in [-0.15, -0.1) is 12.4 Å². The first kappa shape index (κ1) is 18.9. The highest BCUT2D eigenvalue weighted by Gasteiger charge is 2.34. The van der Waals surface area contributed by atoms with Gasteiger partial charge in [0.15, 0.2) is 0 Å². The highest BCUT2D eigenvalue weighted by molar-refractivity contribution is 7.88. The van der Waals surface area contributed by atoms with E-state index >= 15 is 0 Å². The molecule has 0 bridgehead atoms. The van der Waals surface area contributed by atoms with Crippen molar-refractivity contribution in [3.8, 4) is 0 Å². The molecule has 2 atom stereocenters. The summed E-state index contributed by atoms with van der Waals surface area (Å²) in [5, 5.41) is 0. The van der Waals surface area contributed by atoms with Gasteiger partial charge in [0.2, 0.25) is 10.0 Å². The Labute approximate surface area is 137 Å². The van der Waals surface area contributed by atoms with Gasteiger partial charge in [-0.3, -0.25) is 0 Å². The van der Waals surface area contributed by atoms with Gasteiger partial charge in [-0.2, -0.15) is 4.31 Å². The number of sulfonamides is 1. The van der Waals surface area contributed by atoms with Crippen molar-refractivity contribution >= 4 is 28.4 Å². The fraction of sp³-hybridized carbons (Fsp3) is 0.500. The Hall–Kier alpha value is -1.15. The Bertz CT molecular complexity index is 625. The van der Waals surface area contributed by atoms with Gasteiger partial charge in [-0.05, 0) is 23.6 Å². The van der Waals surface area contributed by atoms with Crippen molar-refractivity contribution < 1.29 is 17.9 Å². The number of hydrogen-bond acceptors (Lipinski definition) is 5. The van der Waals surface area contributed by atoms with E-state index in [0.29, 0.717) is 24.2 Å². The lowest BCUT2D eigenvalue weighted by molar-refractivity contribution is 0.0600. The number of carbonyl (C=O) groups is 1. The summed E-state index contributed by atoms with van der Waals surface area (Å²) in [7, 11) is -2.14. The van der Waals surface area contributed by atoms with Crippen LogP contribution in [0, 0.1) is 5.92 Å². The Kier molecular flexibility index (Phi) is 6.37. The quantitative estimate of drug-likeness (QED) is 0.820. The molecule has 1 saturated heterocycles. The summed E-state index contributed by atoms with van der Waals surface area (Å²) in [6, 6.07) is 6.35. The second kappa shape index (κ2) is 7.41. The lowest BCUT2D eigenvalue weighted by atomic mass is 10.1. The van der Waals surface area contributed by atoms with Gasteiger partial charge in [-0.25, -0.2) is 13.2 Å². The van der Waals surface area contributed by atoms with Gasteiger partial charge in [-0.1, -0.05) is 19.1 Å². The van der Waals surface area contributed by atoms with Crippen LogP contribution in [0.3, 0.4) is 0 Å². The smallest absolute Gasteiger partial charge is 0.337 e. The second-order valence-electron chi connectivity index (χ2n) is 5.41. The van der Waals surface area contributed by atoms with Crippen LogP contribution < -0.4 is 5.73 Å². The Morgan fingerprint density at radius 1 is 1.41 bits per heavy atom. The van der Waals surface area contributed by atoms with E-state index in [2.05, 4.69) is 4.74 Å². The number of carbonyl (C=O) groups excluding carboxylic acids is 1. The highest BCUT2D eigenvalue weighted by atomic mass is 35.5. The Morgan fingerprint density at radius 2 is 2.09 bits per heavy atom. The van der Waals surface area contributed by atoms with Gasteiger partial charge in [0, 0.05) is 19.1 Å². The Morgan fingerprint density at radius 3 is 2.64 bits per heavy atom. The van der Waals surface area contributed by atoms with Gasteiger partial charge >= 0.3 is 5.97 Å². The number of rotatable bonds is 4. The maximum atomic E-state index is 12.4. The lowest BCUT2D eigenvalue weighted by Crippen LogP contribution is -2.33. The molecule has 2 rings (SSSR count). The van der Waals surface area contributed by atoms with E-state index in [4.69, 9.17) is 5.73 Å². The second-order valence-corrected chi connectivity index (χ2v) is 7.38. The molecule has 22 heavy (non-hydrogen) atoms. The first-order chi connectivity index (χ1) is 9.83. The maximum Gasteiger partial charge on any atom is 0.337 e. The molecule has 124 valence electrons. The van der Waals surface area contributed by atoms with Crippen LogP contribution in [0.5, 0.6) is 0 Å². The first-order valence-corrected chi connectivity index (χ1v) is 8.35. The topological polar surface area (TPSA) is 89.7 Å². The summed E-state index contributed by atoms with van der Waals surface area (Å²) in [6.45, 7) is 2.73. The number of halogens is 1. The molecule has 0 amide bonds. The predicted octanol–water partition coefficient (Wildman–Crippen LogP) is 1.00. The third-order valence-corrected chi connectivity index (χ3v) is 5.51. The van der Waals surface area contributed by atoms with E-state index in [-0.39, 0.29) is 30.1 Å². The summed E-state index contributed by atoms with van der Waals surface area (Å²) < 4.78 is 30.9. The van der Waals surface area contributed by atoms with Crippen molar-refractivity contribution in [2.24, 2.45) is 11.7 Å². The van der Waals surface area contributed by atoms with E-state index in [1.165, 1.54) is 11.4 Å². The third-order valence-electron chi connectivity index (χ3n) is 3.73. The van der Waals surface area contributed by atoms with Crippen molar-refractivity contribution in [2.45, 2.75) is 18.7 Å². The fourth-order valence-electron chi connectivity index (χ4n) is 2.38. The van der Waals surface area contributed by atoms with Crippen LogP contribution in [0.25, 0.3) is 0 Å². The van der Waals surface area contributed by atoms with Gasteiger partial charge in [0.05, 0.1) is 18.4 Å². The van der Waals surface area contributed by atoms with E-state index in [1.54, 1.807) is 24.3 Å². The molecule has 1 aromatic rings.